The van der Waals surface area contributed by atoms with Crippen molar-refractivity contribution in [2.24, 2.45) is 0 Å². The Balaban J connectivity index is 1.64. The Morgan fingerprint density at radius 1 is 1.36 bits per heavy atom. The largest absolute Gasteiger partial charge is 0.385 e. The highest BCUT2D eigenvalue weighted by Gasteiger charge is 2.21. The van der Waals surface area contributed by atoms with Gasteiger partial charge in [-0.3, -0.25) is 9.38 Å². The highest BCUT2D eigenvalue weighted by atomic mass is 32.1. The van der Waals surface area contributed by atoms with E-state index in [0.717, 1.165) is 46.6 Å². The first-order valence-corrected chi connectivity index (χ1v) is 9.32. The monoisotopic (exact) mass is 358 g/mol. The Bertz CT molecular complexity index is 875. The zero-order valence-corrected chi connectivity index (χ0v) is 15.2. The molecule has 25 heavy (non-hydrogen) atoms. The molecule has 3 aromatic rings. The van der Waals surface area contributed by atoms with Gasteiger partial charge in [0.2, 0.25) is 0 Å². The fourth-order valence-corrected chi connectivity index (χ4v) is 3.96. The Labute approximate surface area is 150 Å². The highest BCUT2D eigenvalue weighted by Crippen LogP contribution is 2.31. The van der Waals surface area contributed by atoms with Crippen LogP contribution in [-0.2, 0) is 5.60 Å². The molecule has 1 saturated heterocycles. The number of thiazole rings is 1. The standard InChI is InChI=1S/C17H22N6OS/c1-17(2,24)14-10-23-13(8-20-16(23)25-14)12-7-19-9-15(22-12)21-11-4-3-5-18-6-11/h7-11,18,24H,3-6H2,1-2H3,(H,21,22). The van der Waals surface area contributed by atoms with Crippen LogP contribution in [0.3, 0.4) is 0 Å². The molecular formula is C17H22N6OS. The maximum absolute atomic E-state index is 10.2. The summed E-state index contributed by atoms with van der Waals surface area (Å²) in [5.74, 6) is 0.777. The van der Waals surface area contributed by atoms with Gasteiger partial charge in [0, 0.05) is 18.8 Å². The topological polar surface area (TPSA) is 87.4 Å². The molecule has 0 saturated carbocycles. The van der Waals surface area contributed by atoms with Gasteiger partial charge < -0.3 is 15.7 Å². The third kappa shape index (κ3) is 3.37. The van der Waals surface area contributed by atoms with Crippen LogP contribution in [0.15, 0.2) is 24.8 Å². The first-order valence-electron chi connectivity index (χ1n) is 8.50. The van der Waals surface area contributed by atoms with E-state index in [2.05, 4.69) is 20.6 Å². The van der Waals surface area contributed by atoms with Crippen LogP contribution in [0.1, 0.15) is 31.6 Å². The fraction of sp³-hybridized carbons (Fsp3) is 0.471. The molecule has 4 rings (SSSR count). The van der Waals surface area contributed by atoms with Crippen molar-refractivity contribution in [3.05, 3.63) is 29.7 Å². The molecule has 4 heterocycles. The Morgan fingerprint density at radius 2 is 2.24 bits per heavy atom. The average Bonchev–Trinajstić information content (AvgIpc) is 3.16. The number of aliphatic hydroxyl groups is 1. The van der Waals surface area contributed by atoms with E-state index < -0.39 is 5.60 Å². The zero-order chi connectivity index (χ0) is 17.4. The lowest BCUT2D eigenvalue weighted by molar-refractivity contribution is 0.0822. The van der Waals surface area contributed by atoms with E-state index in [-0.39, 0.29) is 0 Å². The Kier molecular flexibility index (Phi) is 4.18. The SMILES string of the molecule is CC(C)(O)c1cn2c(-c3cncc(NC4CCCNC4)n3)cnc2s1. The van der Waals surface area contributed by atoms with Crippen LogP contribution in [0.25, 0.3) is 16.3 Å². The third-order valence-electron chi connectivity index (χ3n) is 4.36. The molecule has 1 atom stereocenters. The molecule has 1 fully saturated rings. The van der Waals surface area contributed by atoms with Crippen LogP contribution in [0.4, 0.5) is 5.82 Å². The number of aromatic nitrogens is 4. The molecule has 3 N–H and O–H groups in total. The summed E-state index contributed by atoms with van der Waals surface area (Å²) in [6, 6.07) is 0.381. The maximum atomic E-state index is 10.2. The van der Waals surface area contributed by atoms with Crippen molar-refractivity contribution < 1.29 is 5.11 Å². The number of imidazole rings is 1. The van der Waals surface area contributed by atoms with Crippen LogP contribution in [0.5, 0.6) is 0 Å². The van der Waals surface area contributed by atoms with E-state index >= 15 is 0 Å². The molecule has 132 valence electrons. The van der Waals surface area contributed by atoms with Gasteiger partial charge >= 0.3 is 0 Å². The lowest BCUT2D eigenvalue weighted by atomic mass is 10.1. The van der Waals surface area contributed by atoms with Crippen LogP contribution < -0.4 is 10.6 Å². The van der Waals surface area contributed by atoms with Gasteiger partial charge in [-0.25, -0.2) is 9.97 Å². The maximum Gasteiger partial charge on any atom is 0.194 e. The number of rotatable bonds is 4. The average molecular weight is 358 g/mol. The van der Waals surface area contributed by atoms with Crippen molar-refractivity contribution >= 4 is 22.1 Å². The number of fused-ring (bicyclic) bond motifs is 1. The minimum atomic E-state index is -0.883. The molecular weight excluding hydrogens is 336 g/mol. The quantitative estimate of drug-likeness (QED) is 0.663. The van der Waals surface area contributed by atoms with Crippen molar-refractivity contribution in [1.82, 2.24) is 24.7 Å². The van der Waals surface area contributed by atoms with Crippen LogP contribution >= 0.6 is 11.3 Å². The molecule has 0 aliphatic carbocycles. The van der Waals surface area contributed by atoms with Crippen LogP contribution in [0.2, 0.25) is 0 Å². The number of hydrogen-bond donors (Lipinski definition) is 3. The molecule has 1 unspecified atom stereocenters. The van der Waals surface area contributed by atoms with Crippen LogP contribution in [-0.4, -0.2) is 43.6 Å². The van der Waals surface area contributed by atoms with Gasteiger partial charge in [0.1, 0.15) is 11.5 Å². The van der Waals surface area contributed by atoms with Gasteiger partial charge in [-0.15, -0.1) is 0 Å². The fourth-order valence-electron chi connectivity index (χ4n) is 3.00. The second-order valence-electron chi connectivity index (χ2n) is 6.93. The molecule has 8 heteroatoms. The molecule has 0 amide bonds. The summed E-state index contributed by atoms with van der Waals surface area (Å²) in [5.41, 5.74) is 0.757. The van der Waals surface area contributed by atoms with Gasteiger partial charge in [-0.1, -0.05) is 11.3 Å². The highest BCUT2D eigenvalue weighted by molar-refractivity contribution is 7.17. The van der Waals surface area contributed by atoms with Crippen molar-refractivity contribution in [1.29, 1.82) is 0 Å². The Hall–Kier alpha value is -2.03. The molecule has 1 aliphatic heterocycles. The summed E-state index contributed by atoms with van der Waals surface area (Å²) in [6.07, 6.45) is 9.53. The second kappa shape index (κ2) is 6.36. The lowest BCUT2D eigenvalue weighted by Crippen LogP contribution is -2.38. The van der Waals surface area contributed by atoms with Crippen molar-refractivity contribution in [2.75, 3.05) is 18.4 Å². The lowest BCUT2D eigenvalue weighted by Gasteiger charge is -2.24. The molecule has 0 bridgehead atoms. The van der Waals surface area contributed by atoms with Crippen molar-refractivity contribution in [3.63, 3.8) is 0 Å². The summed E-state index contributed by atoms with van der Waals surface area (Å²) in [4.78, 5) is 15.2. The number of nitrogens with one attached hydrogen (secondary N) is 2. The summed E-state index contributed by atoms with van der Waals surface area (Å²) < 4.78 is 1.97. The normalized spacial score (nSPS) is 18.6. The number of hydrogen-bond acceptors (Lipinski definition) is 7. The van der Waals surface area contributed by atoms with Crippen molar-refractivity contribution in [3.8, 4) is 11.4 Å². The van der Waals surface area contributed by atoms with E-state index in [4.69, 9.17) is 4.98 Å². The second-order valence-corrected chi connectivity index (χ2v) is 7.94. The smallest absolute Gasteiger partial charge is 0.194 e. The predicted octanol–water partition coefficient (Wildman–Crippen LogP) is 2.24. The molecule has 0 spiro atoms. The van der Waals surface area contributed by atoms with E-state index in [1.165, 1.54) is 17.8 Å². The van der Waals surface area contributed by atoms with Gasteiger partial charge in [-0.05, 0) is 33.2 Å². The minimum absolute atomic E-state index is 0.381. The third-order valence-corrected chi connectivity index (χ3v) is 5.67. The van der Waals surface area contributed by atoms with E-state index in [1.54, 1.807) is 32.4 Å². The van der Waals surface area contributed by atoms with E-state index in [0.29, 0.717) is 6.04 Å². The molecule has 3 aromatic heterocycles. The summed E-state index contributed by atoms with van der Waals surface area (Å²) in [7, 11) is 0. The first-order chi connectivity index (χ1) is 12.0. The number of piperidine rings is 1. The number of nitrogens with zero attached hydrogens (tertiary/aromatic N) is 4. The summed E-state index contributed by atoms with van der Waals surface area (Å²) in [6.45, 7) is 5.59. The summed E-state index contributed by atoms with van der Waals surface area (Å²) in [5, 5.41) is 17.1. The van der Waals surface area contributed by atoms with Crippen molar-refractivity contribution in [2.45, 2.75) is 38.3 Å². The van der Waals surface area contributed by atoms with Gasteiger partial charge in [0.25, 0.3) is 0 Å². The number of anilines is 1. The predicted molar refractivity (Wildman–Crippen MR) is 98.9 cm³/mol. The van der Waals surface area contributed by atoms with E-state index in [1.807, 2.05) is 10.6 Å². The van der Waals surface area contributed by atoms with Gasteiger partial charge in [0.15, 0.2) is 4.96 Å². The van der Waals surface area contributed by atoms with Crippen LogP contribution in [0, 0.1) is 0 Å². The molecule has 0 radical (unpaired) electrons. The Morgan fingerprint density at radius 3 is 3.00 bits per heavy atom. The van der Waals surface area contributed by atoms with Gasteiger partial charge in [0.05, 0.1) is 34.8 Å². The molecule has 7 nitrogen and oxygen atoms in total. The van der Waals surface area contributed by atoms with Gasteiger partial charge in [-0.2, -0.15) is 0 Å². The summed E-state index contributed by atoms with van der Waals surface area (Å²) >= 11 is 1.48. The zero-order valence-electron chi connectivity index (χ0n) is 14.4. The first kappa shape index (κ1) is 16.4. The molecule has 1 aliphatic rings. The van der Waals surface area contributed by atoms with E-state index in [9.17, 15) is 5.11 Å². The molecule has 0 aromatic carbocycles. The minimum Gasteiger partial charge on any atom is -0.385 e.